The van der Waals surface area contributed by atoms with Crippen LogP contribution in [0, 0.1) is 0 Å². The monoisotopic (exact) mass is 364 g/mol. The van der Waals surface area contributed by atoms with Gasteiger partial charge < -0.3 is 10.2 Å². The number of hydrogen-bond donors (Lipinski definition) is 2. The molecule has 150 valence electrons. The molecule has 1 aromatic heterocycles. The molecule has 0 amide bonds. The number of fused-ring (bicyclic) bond motifs is 1. The number of hydrogen-bond acceptors (Lipinski definition) is 5. The number of rotatable bonds is 1. The fraction of sp³-hybridized carbons (Fsp3) is 0.850. The highest BCUT2D eigenvalue weighted by Gasteiger charge is 2.37. The lowest BCUT2D eigenvalue weighted by Crippen LogP contribution is -2.57. The molecule has 0 bridgehead atoms. The normalized spacial score (nSPS) is 26.5. The number of likely N-dealkylation sites (tertiary alicyclic amines) is 1. The first-order valence-electron chi connectivity index (χ1n) is 10.5. The molecule has 1 unspecified atom stereocenters. The summed E-state index contributed by atoms with van der Waals surface area (Å²) in [6, 6.07) is 2.79. The van der Waals surface area contributed by atoms with Crippen molar-refractivity contribution in [2.75, 3.05) is 39.9 Å². The molecule has 3 aliphatic heterocycles. The standard InChI is InChI=1S/C10H21N3.C8H13N3.C2H6/c1-9(2)13-5-3-4-10(7-13)6-11-8-12-10;1-10-5-2-6-11-8(7-10)3-4-9-11;1-2/h9,11-12H,3-8H2,1-2H3;3-4H,2,5-7H2,1H3;1-2H3. The summed E-state index contributed by atoms with van der Waals surface area (Å²) in [5.41, 5.74) is 1.73. The number of nitrogens with zero attached hydrogens (tertiary/aromatic N) is 4. The van der Waals surface area contributed by atoms with E-state index in [-0.39, 0.29) is 0 Å². The van der Waals surface area contributed by atoms with Crippen LogP contribution in [0.15, 0.2) is 12.3 Å². The van der Waals surface area contributed by atoms with Gasteiger partial charge in [-0.3, -0.25) is 14.9 Å². The summed E-state index contributed by atoms with van der Waals surface area (Å²) in [6.07, 6.45) is 5.77. The van der Waals surface area contributed by atoms with E-state index in [0.717, 1.165) is 26.3 Å². The number of aryl methyl sites for hydroxylation is 1. The Morgan fingerprint density at radius 3 is 2.65 bits per heavy atom. The second-order valence-electron chi connectivity index (χ2n) is 7.87. The van der Waals surface area contributed by atoms with Crippen molar-refractivity contribution in [2.45, 2.75) is 71.6 Å². The van der Waals surface area contributed by atoms with Crippen molar-refractivity contribution in [1.82, 2.24) is 30.2 Å². The molecule has 26 heavy (non-hydrogen) atoms. The van der Waals surface area contributed by atoms with Gasteiger partial charge in [0, 0.05) is 57.2 Å². The fourth-order valence-corrected chi connectivity index (χ4v) is 4.05. The summed E-state index contributed by atoms with van der Waals surface area (Å²) < 4.78 is 2.10. The Bertz CT molecular complexity index is 506. The molecule has 0 saturated carbocycles. The predicted octanol–water partition coefficient (Wildman–Crippen LogP) is 2.12. The van der Waals surface area contributed by atoms with Crippen molar-refractivity contribution in [2.24, 2.45) is 0 Å². The Morgan fingerprint density at radius 2 is 1.96 bits per heavy atom. The molecule has 6 nitrogen and oxygen atoms in total. The maximum Gasteiger partial charge on any atom is 0.0524 e. The van der Waals surface area contributed by atoms with Gasteiger partial charge in [-0.15, -0.1) is 0 Å². The SMILES string of the molecule is CC.CC(C)N1CCCC2(CNCN2)C1.CN1CCCn2nccc2C1. The average Bonchev–Trinajstić information content (AvgIpc) is 3.24. The van der Waals surface area contributed by atoms with Crippen LogP contribution in [0.5, 0.6) is 0 Å². The smallest absolute Gasteiger partial charge is 0.0524 e. The van der Waals surface area contributed by atoms with Gasteiger partial charge in [0.25, 0.3) is 0 Å². The van der Waals surface area contributed by atoms with Gasteiger partial charge in [0.15, 0.2) is 0 Å². The van der Waals surface area contributed by atoms with Gasteiger partial charge in [-0.2, -0.15) is 5.10 Å². The molecule has 3 aliphatic rings. The van der Waals surface area contributed by atoms with Gasteiger partial charge in [0.1, 0.15) is 0 Å². The van der Waals surface area contributed by atoms with Crippen molar-refractivity contribution in [3.8, 4) is 0 Å². The quantitative estimate of drug-likeness (QED) is 0.799. The van der Waals surface area contributed by atoms with Crippen LogP contribution in [0.25, 0.3) is 0 Å². The lowest BCUT2D eigenvalue weighted by Gasteiger charge is -2.42. The van der Waals surface area contributed by atoms with Crippen LogP contribution in [-0.2, 0) is 13.1 Å². The Labute approximate surface area is 160 Å². The minimum atomic E-state index is 0.391. The Kier molecular flexibility index (Phi) is 8.54. The van der Waals surface area contributed by atoms with E-state index in [2.05, 4.69) is 57.2 Å². The molecule has 0 aromatic carbocycles. The van der Waals surface area contributed by atoms with Crippen LogP contribution in [0.2, 0.25) is 0 Å². The van der Waals surface area contributed by atoms with E-state index in [1.54, 1.807) is 0 Å². The van der Waals surface area contributed by atoms with Crippen LogP contribution in [0.4, 0.5) is 0 Å². The van der Waals surface area contributed by atoms with E-state index in [4.69, 9.17) is 0 Å². The predicted molar refractivity (Wildman–Crippen MR) is 109 cm³/mol. The second kappa shape index (κ2) is 10.4. The molecule has 4 heterocycles. The third kappa shape index (κ3) is 5.78. The molecule has 0 radical (unpaired) electrons. The summed E-state index contributed by atoms with van der Waals surface area (Å²) in [5.74, 6) is 0. The van der Waals surface area contributed by atoms with Gasteiger partial charge in [-0.05, 0) is 52.8 Å². The van der Waals surface area contributed by atoms with Gasteiger partial charge in [-0.25, -0.2) is 0 Å². The summed E-state index contributed by atoms with van der Waals surface area (Å²) >= 11 is 0. The molecule has 2 saturated heterocycles. The summed E-state index contributed by atoms with van der Waals surface area (Å²) in [4.78, 5) is 4.92. The molecular formula is C20H40N6. The van der Waals surface area contributed by atoms with Crippen molar-refractivity contribution < 1.29 is 0 Å². The fourth-order valence-electron chi connectivity index (χ4n) is 4.05. The zero-order valence-electron chi connectivity index (χ0n) is 17.6. The van der Waals surface area contributed by atoms with Crippen molar-refractivity contribution in [1.29, 1.82) is 0 Å². The highest BCUT2D eigenvalue weighted by Crippen LogP contribution is 2.23. The highest BCUT2D eigenvalue weighted by atomic mass is 15.3. The Morgan fingerprint density at radius 1 is 1.15 bits per heavy atom. The van der Waals surface area contributed by atoms with Crippen LogP contribution in [0.3, 0.4) is 0 Å². The van der Waals surface area contributed by atoms with Crippen LogP contribution in [-0.4, -0.2) is 71.1 Å². The topological polar surface area (TPSA) is 48.4 Å². The maximum absolute atomic E-state index is 4.24. The lowest BCUT2D eigenvalue weighted by atomic mass is 9.89. The van der Waals surface area contributed by atoms with Gasteiger partial charge in [0.2, 0.25) is 0 Å². The molecule has 1 atom stereocenters. The highest BCUT2D eigenvalue weighted by molar-refractivity contribution is 5.01. The molecule has 2 fully saturated rings. The number of nitrogens with one attached hydrogen (secondary N) is 2. The third-order valence-corrected chi connectivity index (χ3v) is 5.53. The zero-order chi connectivity index (χ0) is 19.0. The van der Waals surface area contributed by atoms with E-state index < -0.39 is 0 Å². The van der Waals surface area contributed by atoms with Crippen molar-refractivity contribution >= 4 is 0 Å². The first-order valence-corrected chi connectivity index (χ1v) is 10.5. The van der Waals surface area contributed by atoms with Gasteiger partial charge >= 0.3 is 0 Å². The molecule has 4 rings (SSSR count). The van der Waals surface area contributed by atoms with Crippen LogP contribution >= 0.6 is 0 Å². The van der Waals surface area contributed by atoms with Crippen LogP contribution in [0.1, 0.15) is 52.7 Å². The zero-order valence-corrected chi connectivity index (χ0v) is 17.6. The Hall–Kier alpha value is -0.950. The number of piperidine rings is 1. The first kappa shape index (κ1) is 21.4. The summed E-state index contributed by atoms with van der Waals surface area (Å²) in [7, 11) is 2.16. The lowest BCUT2D eigenvalue weighted by molar-refractivity contribution is 0.114. The van der Waals surface area contributed by atoms with Crippen molar-refractivity contribution in [3.63, 3.8) is 0 Å². The molecule has 0 aliphatic carbocycles. The first-order chi connectivity index (χ1) is 12.6. The second-order valence-corrected chi connectivity index (χ2v) is 7.87. The summed E-state index contributed by atoms with van der Waals surface area (Å²) in [6.45, 7) is 16.5. The van der Waals surface area contributed by atoms with E-state index in [1.807, 2.05) is 20.0 Å². The maximum atomic E-state index is 4.24. The summed E-state index contributed by atoms with van der Waals surface area (Å²) in [5, 5.41) is 11.2. The molecule has 1 aromatic rings. The Balaban J connectivity index is 0.000000173. The molecule has 1 spiro atoms. The third-order valence-electron chi connectivity index (χ3n) is 5.53. The largest absolute Gasteiger partial charge is 0.303 e. The molecule has 2 N–H and O–H groups in total. The van der Waals surface area contributed by atoms with E-state index in [1.165, 1.54) is 44.6 Å². The van der Waals surface area contributed by atoms with Crippen LogP contribution < -0.4 is 10.6 Å². The minimum absolute atomic E-state index is 0.391. The number of aromatic nitrogens is 2. The molecular weight excluding hydrogens is 324 g/mol. The van der Waals surface area contributed by atoms with E-state index in [0.29, 0.717) is 11.6 Å². The molecule has 6 heteroatoms. The van der Waals surface area contributed by atoms with Gasteiger partial charge in [-0.1, -0.05) is 13.8 Å². The minimum Gasteiger partial charge on any atom is -0.303 e. The van der Waals surface area contributed by atoms with E-state index in [9.17, 15) is 0 Å². The van der Waals surface area contributed by atoms with Gasteiger partial charge in [0.05, 0.1) is 5.69 Å². The van der Waals surface area contributed by atoms with E-state index >= 15 is 0 Å². The van der Waals surface area contributed by atoms with Crippen molar-refractivity contribution in [3.05, 3.63) is 18.0 Å². The average molecular weight is 365 g/mol.